The summed E-state index contributed by atoms with van der Waals surface area (Å²) < 4.78 is 28.2. The Morgan fingerprint density at radius 2 is 1.84 bits per heavy atom. The van der Waals surface area contributed by atoms with Crippen molar-refractivity contribution in [3.8, 4) is 0 Å². The number of hydrogen-bond donors (Lipinski definition) is 1. The zero-order valence-electron chi connectivity index (χ0n) is 19.5. The molecule has 3 aromatic rings. The van der Waals surface area contributed by atoms with Crippen LogP contribution in [0.1, 0.15) is 23.9 Å². The smallest absolute Gasteiger partial charge is 0.242 e. The van der Waals surface area contributed by atoms with Crippen LogP contribution in [0.3, 0.4) is 0 Å². The number of amides is 1. The van der Waals surface area contributed by atoms with Crippen LogP contribution in [0.15, 0.2) is 41.3 Å². The fourth-order valence-corrected chi connectivity index (χ4v) is 4.55. The maximum atomic E-state index is 12.6. The first-order chi connectivity index (χ1) is 15.0. The third-order valence-electron chi connectivity index (χ3n) is 5.60. The third kappa shape index (κ3) is 4.85. The molecule has 1 N–H and O–H groups in total. The topological polar surface area (TPSA) is 87.5 Å². The number of benzene rings is 2. The van der Waals surface area contributed by atoms with E-state index in [0.29, 0.717) is 18.6 Å². The van der Waals surface area contributed by atoms with Gasteiger partial charge in [0.1, 0.15) is 5.82 Å². The molecule has 0 aliphatic heterocycles. The van der Waals surface area contributed by atoms with Crippen molar-refractivity contribution in [3.63, 3.8) is 0 Å². The predicted molar refractivity (Wildman–Crippen MR) is 127 cm³/mol. The number of sulfonamides is 1. The molecule has 0 bridgehead atoms. The van der Waals surface area contributed by atoms with E-state index in [0.717, 1.165) is 28.2 Å². The highest BCUT2D eigenvalue weighted by Crippen LogP contribution is 2.23. The first-order valence-electron chi connectivity index (χ1n) is 10.5. The van der Waals surface area contributed by atoms with Gasteiger partial charge in [0, 0.05) is 26.3 Å². The Labute approximate surface area is 189 Å². The summed E-state index contributed by atoms with van der Waals surface area (Å²) >= 11 is 0. The number of carbonyl (C=O) groups excluding carboxylic acids is 1. The van der Waals surface area contributed by atoms with E-state index in [-0.39, 0.29) is 17.3 Å². The van der Waals surface area contributed by atoms with Crippen LogP contribution in [0, 0.1) is 13.8 Å². The summed E-state index contributed by atoms with van der Waals surface area (Å²) in [4.78, 5) is 19.4. The second-order valence-corrected chi connectivity index (χ2v) is 10.3. The minimum atomic E-state index is -3.53. The first-order valence-corrected chi connectivity index (χ1v) is 11.9. The summed E-state index contributed by atoms with van der Waals surface area (Å²) in [6.07, 6.45) is 0. The number of hydrogen-bond acceptors (Lipinski definition) is 5. The molecule has 1 heterocycles. The molecule has 32 heavy (non-hydrogen) atoms. The van der Waals surface area contributed by atoms with Crippen molar-refractivity contribution in [1.82, 2.24) is 18.8 Å². The molecule has 8 nitrogen and oxygen atoms in total. The van der Waals surface area contributed by atoms with Gasteiger partial charge in [-0.1, -0.05) is 12.1 Å². The van der Waals surface area contributed by atoms with E-state index in [2.05, 4.69) is 10.3 Å². The summed E-state index contributed by atoms with van der Waals surface area (Å²) in [5, 5.41) is 2.98. The Morgan fingerprint density at radius 1 is 1.12 bits per heavy atom. The summed E-state index contributed by atoms with van der Waals surface area (Å²) in [5.74, 6) is 0.684. The molecular formula is C23H31N5O3S. The quantitative estimate of drug-likeness (QED) is 0.562. The highest BCUT2D eigenvalue weighted by atomic mass is 32.2. The number of nitrogens with zero attached hydrogens (tertiary/aromatic N) is 4. The molecule has 1 aromatic heterocycles. The van der Waals surface area contributed by atoms with Crippen molar-refractivity contribution in [2.24, 2.45) is 0 Å². The van der Waals surface area contributed by atoms with Crippen molar-refractivity contribution in [3.05, 3.63) is 53.3 Å². The SMILES string of the molecule is CCn1c(CN(C)CC(=O)Nc2cccc(C)c2C)nc2cc(S(=O)(=O)N(C)C)ccc21. The first kappa shape index (κ1) is 23.9. The van der Waals surface area contributed by atoms with E-state index >= 15 is 0 Å². The van der Waals surface area contributed by atoms with Gasteiger partial charge in [-0.2, -0.15) is 0 Å². The Kier molecular flexibility index (Phi) is 7.02. The van der Waals surface area contributed by atoms with Crippen LogP contribution in [0.4, 0.5) is 5.69 Å². The van der Waals surface area contributed by atoms with E-state index in [9.17, 15) is 13.2 Å². The second-order valence-electron chi connectivity index (χ2n) is 8.18. The van der Waals surface area contributed by atoms with Crippen LogP contribution >= 0.6 is 0 Å². The molecule has 0 fully saturated rings. The molecule has 1 amide bonds. The van der Waals surface area contributed by atoms with E-state index in [1.807, 2.05) is 55.5 Å². The summed E-state index contributed by atoms with van der Waals surface area (Å²) in [7, 11) is 1.35. The van der Waals surface area contributed by atoms with Crippen LogP contribution in [0.25, 0.3) is 11.0 Å². The molecule has 0 aliphatic carbocycles. The van der Waals surface area contributed by atoms with Gasteiger partial charge in [0.25, 0.3) is 0 Å². The third-order valence-corrected chi connectivity index (χ3v) is 7.41. The molecule has 0 radical (unpaired) electrons. The number of aromatic nitrogens is 2. The molecule has 0 saturated heterocycles. The van der Waals surface area contributed by atoms with E-state index < -0.39 is 10.0 Å². The van der Waals surface area contributed by atoms with Gasteiger partial charge in [0.15, 0.2) is 0 Å². The predicted octanol–water partition coefficient (Wildman–Crippen LogP) is 2.99. The molecule has 0 saturated carbocycles. The lowest BCUT2D eigenvalue weighted by Crippen LogP contribution is -2.31. The van der Waals surface area contributed by atoms with E-state index in [1.165, 1.54) is 18.4 Å². The summed E-state index contributed by atoms with van der Waals surface area (Å²) in [5.41, 5.74) is 4.49. The van der Waals surface area contributed by atoms with E-state index in [1.54, 1.807) is 18.2 Å². The number of imidazole rings is 1. The molecule has 0 aliphatic rings. The van der Waals surface area contributed by atoms with Gasteiger partial charge in [0.2, 0.25) is 15.9 Å². The summed E-state index contributed by atoms with van der Waals surface area (Å²) in [6.45, 7) is 7.38. The number of carbonyl (C=O) groups is 1. The standard InChI is InChI=1S/C23H31N5O3S/c1-7-28-21-12-11-18(32(30,31)26(4)5)13-20(21)24-22(28)14-27(6)15-23(29)25-19-10-8-9-16(2)17(19)3/h8-13H,7,14-15H2,1-6H3,(H,25,29). The van der Waals surface area contributed by atoms with Gasteiger partial charge in [0.05, 0.1) is 29.0 Å². The molecule has 9 heteroatoms. The summed E-state index contributed by atoms with van der Waals surface area (Å²) in [6, 6.07) is 10.8. The average molecular weight is 458 g/mol. The maximum Gasteiger partial charge on any atom is 0.242 e. The average Bonchev–Trinajstić information content (AvgIpc) is 3.06. The van der Waals surface area contributed by atoms with Crippen molar-refractivity contribution in [1.29, 1.82) is 0 Å². The highest BCUT2D eigenvalue weighted by molar-refractivity contribution is 7.89. The number of nitrogens with one attached hydrogen (secondary N) is 1. The van der Waals surface area contributed by atoms with Crippen LogP contribution in [-0.2, 0) is 27.9 Å². The Bertz CT molecular complexity index is 1250. The van der Waals surface area contributed by atoms with Crippen molar-refractivity contribution in [2.75, 3.05) is 33.0 Å². The minimum absolute atomic E-state index is 0.0975. The number of aryl methyl sites for hydroxylation is 2. The van der Waals surface area contributed by atoms with Gasteiger partial charge < -0.3 is 9.88 Å². The maximum absolute atomic E-state index is 12.6. The Morgan fingerprint density at radius 3 is 2.50 bits per heavy atom. The van der Waals surface area contributed by atoms with Crippen LogP contribution in [-0.4, -0.2) is 60.8 Å². The zero-order valence-corrected chi connectivity index (χ0v) is 20.3. The lowest BCUT2D eigenvalue weighted by atomic mass is 10.1. The van der Waals surface area contributed by atoms with Gasteiger partial charge >= 0.3 is 0 Å². The fraction of sp³-hybridized carbons (Fsp3) is 0.391. The molecule has 0 spiro atoms. The van der Waals surface area contributed by atoms with Gasteiger partial charge in [-0.05, 0) is 63.2 Å². The molecule has 0 atom stereocenters. The number of anilines is 1. The van der Waals surface area contributed by atoms with E-state index in [4.69, 9.17) is 0 Å². The monoisotopic (exact) mass is 457 g/mol. The van der Waals surface area contributed by atoms with Crippen molar-refractivity contribution < 1.29 is 13.2 Å². The lowest BCUT2D eigenvalue weighted by Gasteiger charge is -2.17. The largest absolute Gasteiger partial charge is 0.327 e. The van der Waals surface area contributed by atoms with Gasteiger partial charge in [-0.15, -0.1) is 0 Å². The minimum Gasteiger partial charge on any atom is -0.327 e. The molecular weight excluding hydrogens is 426 g/mol. The number of rotatable bonds is 8. The Hall–Kier alpha value is -2.75. The van der Waals surface area contributed by atoms with Gasteiger partial charge in [-0.3, -0.25) is 9.69 Å². The normalized spacial score (nSPS) is 12.1. The van der Waals surface area contributed by atoms with Crippen molar-refractivity contribution in [2.45, 2.75) is 38.8 Å². The van der Waals surface area contributed by atoms with Crippen LogP contribution in [0.2, 0.25) is 0 Å². The van der Waals surface area contributed by atoms with Crippen LogP contribution in [0.5, 0.6) is 0 Å². The van der Waals surface area contributed by atoms with Crippen molar-refractivity contribution >= 4 is 32.7 Å². The molecule has 3 rings (SSSR count). The number of fused-ring (bicyclic) bond motifs is 1. The van der Waals surface area contributed by atoms with Crippen LogP contribution < -0.4 is 5.32 Å². The fourth-order valence-electron chi connectivity index (χ4n) is 3.62. The molecule has 2 aromatic carbocycles. The molecule has 0 unspecified atom stereocenters. The zero-order chi connectivity index (χ0) is 23.6. The Balaban J connectivity index is 1.78. The molecule has 172 valence electrons. The lowest BCUT2D eigenvalue weighted by molar-refractivity contribution is -0.117. The highest BCUT2D eigenvalue weighted by Gasteiger charge is 2.20. The second kappa shape index (κ2) is 9.40. The van der Waals surface area contributed by atoms with Gasteiger partial charge in [-0.25, -0.2) is 17.7 Å². The number of likely N-dealkylation sites (N-methyl/N-ethyl adjacent to an activating group) is 1.